The average Bonchev–Trinajstić information content (AvgIpc) is 3.54. The molecule has 0 unspecified atom stereocenters. The Balaban J connectivity index is 1.75. The summed E-state index contributed by atoms with van der Waals surface area (Å²) < 4.78 is 3.15. The van der Waals surface area contributed by atoms with Crippen LogP contribution in [0, 0.1) is 0 Å². The number of aliphatic hydroxyl groups is 2. The lowest BCUT2D eigenvalue weighted by Crippen LogP contribution is -2.38. The van der Waals surface area contributed by atoms with Gasteiger partial charge in [-0.3, -0.25) is 9.78 Å². The molecule has 0 aliphatic carbocycles. The molecule has 0 radical (unpaired) electrons. The van der Waals surface area contributed by atoms with Crippen LogP contribution in [-0.4, -0.2) is 81.9 Å². The number of anilines is 1. The first-order valence-electron chi connectivity index (χ1n) is 11.3. The first kappa shape index (κ1) is 24.2. The summed E-state index contributed by atoms with van der Waals surface area (Å²) in [6, 6.07) is 4.93. The van der Waals surface area contributed by atoms with E-state index >= 15 is 0 Å². The fraction of sp³-hybridized carbons (Fsp3) is 0.409. The number of imidazole rings is 1. The van der Waals surface area contributed by atoms with Gasteiger partial charge in [0.1, 0.15) is 11.8 Å². The van der Waals surface area contributed by atoms with Crippen molar-refractivity contribution in [3.63, 3.8) is 0 Å². The molecule has 13 nitrogen and oxygen atoms in total. The maximum absolute atomic E-state index is 11.7. The molecule has 0 aliphatic rings. The SMILES string of the molecule is CCC[C@H]([C@H](O)[C@H](O)CC(=O)NC)n1cnc2c(NC)nc(-n3cc(-c4ccccn4)nn3)nc21. The Bertz CT molecular complexity index is 1290. The normalized spacial score (nSPS) is 14.0. The quantitative estimate of drug-likeness (QED) is 0.254. The van der Waals surface area contributed by atoms with E-state index in [9.17, 15) is 15.0 Å². The summed E-state index contributed by atoms with van der Waals surface area (Å²) >= 11 is 0. The Labute approximate surface area is 201 Å². The number of nitrogens with zero attached hydrogens (tertiary/aromatic N) is 8. The lowest BCUT2D eigenvalue weighted by molar-refractivity contribution is -0.125. The van der Waals surface area contributed by atoms with Gasteiger partial charge in [0.25, 0.3) is 5.95 Å². The van der Waals surface area contributed by atoms with Gasteiger partial charge in [-0.1, -0.05) is 24.6 Å². The number of nitrogens with one attached hydrogen (secondary N) is 2. The zero-order valence-corrected chi connectivity index (χ0v) is 19.7. The molecule has 0 fully saturated rings. The predicted octanol–water partition coefficient (Wildman–Crippen LogP) is 0.710. The molecule has 0 saturated carbocycles. The Kier molecular flexibility index (Phi) is 7.27. The van der Waals surface area contributed by atoms with Crippen LogP contribution in [0.4, 0.5) is 5.82 Å². The van der Waals surface area contributed by atoms with Crippen molar-refractivity contribution in [3.8, 4) is 17.3 Å². The van der Waals surface area contributed by atoms with E-state index in [1.54, 1.807) is 30.3 Å². The van der Waals surface area contributed by atoms with Crippen LogP contribution in [0.3, 0.4) is 0 Å². The first-order chi connectivity index (χ1) is 17.0. The van der Waals surface area contributed by atoms with E-state index in [4.69, 9.17) is 0 Å². The summed E-state index contributed by atoms with van der Waals surface area (Å²) in [5, 5.41) is 35.3. The van der Waals surface area contributed by atoms with Crippen molar-refractivity contribution < 1.29 is 15.0 Å². The monoisotopic (exact) mass is 480 g/mol. The van der Waals surface area contributed by atoms with Crippen molar-refractivity contribution in [1.82, 2.24) is 44.8 Å². The van der Waals surface area contributed by atoms with Gasteiger partial charge in [0.2, 0.25) is 5.91 Å². The number of aliphatic hydroxyl groups excluding tert-OH is 2. The number of fused-ring (bicyclic) bond motifs is 1. The molecule has 4 aromatic heterocycles. The Hall–Kier alpha value is -3.97. The number of carbonyl (C=O) groups excluding carboxylic acids is 1. The second kappa shape index (κ2) is 10.5. The highest BCUT2D eigenvalue weighted by molar-refractivity contribution is 5.83. The number of hydrogen-bond donors (Lipinski definition) is 4. The van der Waals surface area contributed by atoms with E-state index < -0.39 is 18.2 Å². The van der Waals surface area contributed by atoms with Crippen LogP contribution in [0.5, 0.6) is 0 Å². The van der Waals surface area contributed by atoms with Gasteiger partial charge in [0.15, 0.2) is 17.0 Å². The first-order valence-corrected chi connectivity index (χ1v) is 11.3. The standard InChI is InChI=1S/C22H28N10O3/c1-4-7-15(19(35)16(33)10-17(34)23-2)31-12-26-18-20(24-3)27-22(28-21(18)31)32-11-14(29-30-32)13-8-5-6-9-25-13/h5-6,8-9,11-12,15-16,19,33,35H,4,7,10H2,1-3H3,(H,23,34)(H,24,27,28)/t15-,16-,19+/m1/s1. The number of rotatable bonds is 10. The van der Waals surface area contributed by atoms with Crippen LogP contribution >= 0.6 is 0 Å². The molecule has 0 saturated heterocycles. The molecule has 0 bridgehead atoms. The number of aromatic nitrogens is 8. The molecule has 0 aromatic carbocycles. The minimum absolute atomic E-state index is 0.220. The van der Waals surface area contributed by atoms with E-state index in [1.165, 1.54) is 11.7 Å². The molecule has 3 atom stereocenters. The highest BCUT2D eigenvalue weighted by atomic mass is 16.3. The van der Waals surface area contributed by atoms with Crippen LogP contribution in [0.1, 0.15) is 32.2 Å². The van der Waals surface area contributed by atoms with Crippen LogP contribution in [0.2, 0.25) is 0 Å². The Morgan fingerprint density at radius 1 is 1.14 bits per heavy atom. The zero-order chi connectivity index (χ0) is 24.9. The maximum Gasteiger partial charge on any atom is 0.256 e. The van der Waals surface area contributed by atoms with Gasteiger partial charge < -0.3 is 25.4 Å². The third-order valence-corrected chi connectivity index (χ3v) is 5.68. The molecule has 4 rings (SSSR count). The minimum Gasteiger partial charge on any atom is -0.390 e. The highest BCUT2D eigenvalue weighted by Gasteiger charge is 2.30. The second-order valence-electron chi connectivity index (χ2n) is 8.00. The van der Waals surface area contributed by atoms with Crippen molar-refractivity contribution in [3.05, 3.63) is 36.9 Å². The van der Waals surface area contributed by atoms with Gasteiger partial charge in [0.05, 0.1) is 36.8 Å². The zero-order valence-electron chi connectivity index (χ0n) is 19.7. The second-order valence-corrected chi connectivity index (χ2v) is 8.00. The van der Waals surface area contributed by atoms with E-state index in [0.29, 0.717) is 34.8 Å². The van der Waals surface area contributed by atoms with Crippen molar-refractivity contribution in [2.45, 2.75) is 44.4 Å². The number of carbonyl (C=O) groups is 1. The van der Waals surface area contributed by atoms with Crippen molar-refractivity contribution in [2.75, 3.05) is 19.4 Å². The molecule has 184 valence electrons. The van der Waals surface area contributed by atoms with Gasteiger partial charge in [-0.05, 0) is 18.6 Å². The fourth-order valence-electron chi connectivity index (χ4n) is 3.86. The summed E-state index contributed by atoms with van der Waals surface area (Å²) in [5.74, 6) is 0.350. The van der Waals surface area contributed by atoms with Crippen LogP contribution in [-0.2, 0) is 4.79 Å². The van der Waals surface area contributed by atoms with Gasteiger partial charge in [-0.15, -0.1) is 5.10 Å². The molecule has 35 heavy (non-hydrogen) atoms. The van der Waals surface area contributed by atoms with E-state index in [-0.39, 0.29) is 18.3 Å². The van der Waals surface area contributed by atoms with Crippen molar-refractivity contribution >= 4 is 22.9 Å². The summed E-state index contributed by atoms with van der Waals surface area (Å²) in [6.45, 7) is 1.97. The third-order valence-electron chi connectivity index (χ3n) is 5.68. The van der Waals surface area contributed by atoms with Gasteiger partial charge in [-0.2, -0.15) is 14.6 Å². The van der Waals surface area contributed by atoms with Crippen LogP contribution in [0.25, 0.3) is 28.5 Å². The molecule has 4 aromatic rings. The van der Waals surface area contributed by atoms with E-state index in [0.717, 1.165) is 6.42 Å². The fourth-order valence-corrected chi connectivity index (χ4v) is 3.86. The maximum atomic E-state index is 11.7. The molecule has 13 heteroatoms. The molecule has 4 N–H and O–H groups in total. The minimum atomic E-state index is -1.26. The summed E-state index contributed by atoms with van der Waals surface area (Å²) in [5.41, 5.74) is 2.16. The van der Waals surface area contributed by atoms with Crippen molar-refractivity contribution in [1.29, 1.82) is 0 Å². The Morgan fingerprint density at radius 2 is 1.97 bits per heavy atom. The number of amides is 1. The molecular formula is C22H28N10O3. The van der Waals surface area contributed by atoms with Crippen LogP contribution in [0.15, 0.2) is 36.9 Å². The summed E-state index contributed by atoms with van der Waals surface area (Å²) in [6.07, 6.45) is 3.46. The van der Waals surface area contributed by atoms with E-state index in [1.807, 2.05) is 25.1 Å². The highest BCUT2D eigenvalue weighted by Crippen LogP contribution is 2.28. The average molecular weight is 481 g/mol. The lowest BCUT2D eigenvalue weighted by Gasteiger charge is -2.27. The smallest absolute Gasteiger partial charge is 0.256 e. The van der Waals surface area contributed by atoms with E-state index in [2.05, 4.69) is 40.9 Å². The number of pyridine rings is 1. The van der Waals surface area contributed by atoms with Crippen molar-refractivity contribution in [2.24, 2.45) is 0 Å². The summed E-state index contributed by atoms with van der Waals surface area (Å²) in [4.78, 5) is 29.7. The molecule has 1 amide bonds. The molecule has 0 spiro atoms. The Morgan fingerprint density at radius 3 is 2.66 bits per heavy atom. The molecule has 0 aliphatic heterocycles. The van der Waals surface area contributed by atoms with Crippen LogP contribution < -0.4 is 10.6 Å². The topological polar surface area (TPSA) is 169 Å². The number of hydrogen-bond acceptors (Lipinski definition) is 10. The van der Waals surface area contributed by atoms with Gasteiger partial charge >= 0.3 is 0 Å². The third kappa shape index (κ3) is 4.95. The molecule has 4 heterocycles. The largest absolute Gasteiger partial charge is 0.390 e. The lowest BCUT2D eigenvalue weighted by atomic mass is 9.98. The molecular weight excluding hydrogens is 452 g/mol. The van der Waals surface area contributed by atoms with Gasteiger partial charge in [0, 0.05) is 20.3 Å². The van der Waals surface area contributed by atoms with Gasteiger partial charge in [-0.25, -0.2) is 4.98 Å². The summed E-state index contributed by atoms with van der Waals surface area (Å²) in [7, 11) is 3.20. The predicted molar refractivity (Wildman–Crippen MR) is 128 cm³/mol.